The number of rotatable bonds is 5. The van der Waals surface area contributed by atoms with Crippen LogP contribution in [0.25, 0.3) is 11.3 Å². The fourth-order valence-corrected chi connectivity index (χ4v) is 3.32. The summed E-state index contributed by atoms with van der Waals surface area (Å²) >= 11 is 7.78. The summed E-state index contributed by atoms with van der Waals surface area (Å²) in [5.74, 6) is 1.59. The van der Waals surface area contributed by atoms with Crippen LogP contribution in [0.2, 0.25) is 5.02 Å². The Kier molecular flexibility index (Phi) is 5.46. The van der Waals surface area contributed by atoms with Crippen molar-refractivity contribution in [1.82, 2.24) is 9.97 Å². The van der Waals surface area contributed by atoms with Gasteiger partial charge in [0.15, 0.2) is 0 Å². The van der Waals surface area contributed by atoms with Crippen molar-refractivity contribution >= 4 is 35.2 Å². The molecule has 3 rings (SSSR count). The first-order valence-electron chi connectivity index (χ1n) is 7.96. The first kappa shape index (κ1) is 17.6. The van der Waals surface area contributed by atoms with Crippen LogP contribution in [0.5, 0.6) is 0 Å². The molecule has 0 unspecified atom stereocenters. The standard InChI is InChI=1S/C19H19ClN4S/c1-12(2)13-6-3-4-7-14(13)19-15(20)10-11-17(23-19)24-25-18-9-5-8-16(21)22-18/h3-12H,1-2H3,(H2,21,22)(H,23,24). The number of aromatic nitrogens is 2. The Morgan fingerprint density at radius 1 is 1.00 bits per heavy atom. The van der Waals surface area contributed by atoms with Gasteiger partial charge in [0.25, 0.3) is 0 Å². The van der Waals surface area contributed by atoms with E-state index in [0.717, 1.165) is 16.3 Å². The van der Waals surface area contributed by atoms with Gasteiger partial charge in [-0.15, -0.1) is 0 Å². The van der Waals surface area contributed by atoms with E-state index < -0.39 is 0 Å². The van der Waals surface area contributed by atoms with Crippen LogP contribution in [0.15, 0.2) is 59.6 Å². The molecule has 2 aromatic heterocycles. The number of nitrogens with two attached hydrogens (primary N) is 1. The summed E-state index contributed by atoms with van der Waals surface area (Å²) in [4.78, 5) is 8.95. The number of benzene rings is 1. The van der Waals surface area contributed by atoms with E-state index in [1.807, 2.05) is 36.4 Å². The van der Waals surface area contributed by atoms with Crippen molar-refractivity contribution in [2.45, 2.75) is 24.8 Å². The summed E-state index contributed by atoms with van der Waals surface area (Å²) in [5.41, 5.74) is 8.76. The van der Waals surface area contributed by atoms with Gasteiger partial charge >= 0.3 is 0 Å². The number of nitrogen functional groups attached to an aromatic ring is 1. The van der Waals surface area contributed by atoms with E-state index >= 15 is 0 Å². The summed E-state index contributed by atoms with van der Waals surface area (Å²) in [6.07, 6.45) is 0. The van der Waals surface area contributed by atoms with Gasteiger partial charge < -0.3 is 10.5 Å². The van der Waals surface area contributed by atoms with E-state index in [9.17, 15) is 0 Å². The molecular formula is C19H19ClN4S. The molecule has 0 saturated heterocycles. The van der Waals surface area contributed by atoms with E-state index in [4.69, 9.17) is 22.3 Å². The average Bonchev–Trinajstić information content (AvgIpc) is 2.61. The molecule has 0 aliphatic carbocycles. The molecule has 2 heterocycles. The van der Waals surface area contributed by atoms with Gasteiger partial charge in [0.2, 0.25) is 0 Å². The largest absolute Gasteiger partial charge is 0.384 e. The summed E-state index contributed by atoms with van der Waals surface area (Å²) in [5, 5.41) is 1.41. The highest BCUT2D eigenvalue weighted by molar-refractivity contribution is 8.00. The van der Waals surface area contributed by atoms with E-state index in [-0.39, 0.29) is 0 Å². The van der Waals surface area contributed by atoms with E-state index in [0.29, 0.717) is 22.6 Å². The van der Waals surface area contributed by atoms with Crippen LogP contribution in [0.4, 0.5) is 11.6 Å². The summed E-state index contributed by atoms with van der Waals surface area (Å²) in [6, 6.07) is 17.4. The van der Waals surface area contributed by atoms with Gasteiger partial charge in [-0.2, -0.15) is 0 Å². The molecular weight excluding hydrogens is 352 g/mol. The van der Waals surface area contributed by atoms with Crippen LogP contribution in [-0.4, -0.2) is 9.97 Å². The molecule has 1 aromatic carbocycles. The Bertz CT molecular complexity index is 883. The lowest BCUT2D eigenvalue weighted by Gasteiger charge is -2.14. The van der Waals surface area contributed by atoms with Gasteiger partial charge in [0, 0.05) is 17.5 Å². The van der Waals surface area contributed by atoms with Gasteiger partial charge in [-0.25, -0.2) is 9.97 Å². The van der Waals surface area contributed by atoms with Crippen molar-refractivity contribution in [3.05, 3.63) is 65.2 Å². The highest BCUT2D eigenvalue weighted by Crippen LogP contribution is 2.33. The monoisotopic (exact) mass is 370 g/mol. The number of hydrogen-bond donors (Lipinski definition) is 2. The number of hydrogen-bond acceptors (Lipinski definition) is 5. The zero-order chi connectivity index (χ0) is 17.8. The topological polar surface area (TPSA) is 63.8 Å². The molecule has 3 N–H and O–H groups in total. The highest BCUT2D eigenvalue weighted by atomic mass is 35.5. The zero-order valence-electron chi connectivity index (χ0n) is 14.0. The Morgan fingerprint density at radius 3 is 2.56 bits per heavy atom. The minimum atomic E-state index is 0.386. The molecule has 0 radical (unpaired) electrons. The predicted octanol–water partition coefficient (Wildman–Crippen LogP) is 5.62. The summed E-state index contributed by atoms with van der Waals surface area (Å²) in [6.45, 7) is 4.33. The second-order valence-electron chi connectivity index (χ2n) is 5.87. The molecule has 25 heavy (non-hydrogen) atoms. The third kappa shape index (κ3) is 4.24. The Morgan fingerprint density at radius 2 is 1.80 bits per heavy atom. The average molecular weight is 371 g/mol. The number of pyridine rings is 2. The van der Waals surface area contributed by atoms with Crippen LogP contribution in [0, 0.1) is 0 Å². The normalized spacial score (nSPS) is 10.9. The molecule has 0 amide bonds. The SMILES string of the molecule is CC(C)c1ccccc1-c1nc(NSc2cccc(N)n2)ccc1Cl. The fraction of sp³-hybridized carbons (Fsp3) is 0.158. The predicted molar refractivity (Wildman–Crippen MR) is 107 cm³/mol. The van der Waals surface area contributed by atoms with Crippen LogP contribution >= 0.6 is 23.5 Å². The maximum atomic E-state index is 6.42. The first-order chi connectivity index (χ1) is 12.0. The van der Waals surface area contributed by atoms with Crippen molar-refractivity contribution in [2.75, 3.05) is 10.5 Å². The summed E-state index contributed by atoms with van der Waals surface area (Å²) in [7, 11) is 0. The van der Waals surface area contributed by atoms with E-state index in [1.54, 1.807) is 6.07 Å². The van der Waals surface area contributed by atoms with Gasteiger partial charge in [0.05, 0.1) is 10.7 Å². The van der Waals surface area contributed by atoms with E-state index in [1.165, 1.54) is 17.5 Å². The molecule has 0 saturated carbocycles. The third-order valence-corrected chi connectivity index (χ3v) is 4.74. The lowest BCUT2D eigenvalue weighted by molar-refractivity contribution is 0.868. The quantitative estimate of drug-likeness (QED) is 0.570. The molecule has 0 aliphatic rings. The van der Waals surface area contributed by atoms with Crippen LogP contribution < -0.4 is 10.5 Å². The fourth-order valence-electron chi connectivity index (χ4n) is 2.50. The highest BCUT2D eigenvalue weighted by Gasteiger charge is 2.13. The summed E-state index contributed by atoms with van der Waals surface area (Å²) < 4.78 is 3.20. The number of anilines is 2. The maximum Gasteiger partial charge on any atom is 0.136 e. The van der Waals surface area contributed by atoms with Crippen LogP contribution in [-0.2, 0) is 0 Å². The van der Waals surface area contributed by atoms with Gasteiger partial charge in [-0.1, -0.05) is 55.8 Å². The zero-order valence-corrected chi connectivity index (χ0v) is 15.6. The molecule has 128 valence electrons. The van der Waals surface area contributed by atoms with Crippen molar-refractivity contribution in [1.29, 1.82) is 0 Å². The maximum absolute atomic E-state index is 6.42. The van der Waals surface area contributed by atoms with Gasteiger partial charge in [-0.3, -0.25) is 0 Å². The van der Waals surface area contributed by atoms with Crippen molar-refractivity contribution in [3.8, 4) is 11.3 Å². The van der Waals surface area contributed by atoms with Crippen molar-refractivity contribution in [2.24, 2.45) is 0 Å². The van der Waals surface area contributed by atoms with Crippen molar-refractivity contribution in [3.63, 3.8) is 0 Å². The molecule has 0 spiro atoms. The van der Waals surface area contributed by atoms with Gasteiger partial charge in [-0.05, 0) is 35.7 Å². The lowest BCUT2D eigenvalue weighted by atomic mass is 9.95. The minimum absolute atomic E-state index is 0.386. The molecule has 0 atom stereocenters. The van der Waals surface area contributed by atoms with Crippen LogP contribution in [0.3, 0.4) is 0 Å². The second kappa shape index (κ2) is 7.76. The number of nitrogens with zero attached hydrogens (tertiary/aromatic N) is 2. The van der Waals surface area contributed by atoms with Crippen LogP contribution in [0.1, 0.15) is 25.3 Å². The smallest absolute Gasteiger partial charge is 0.136 e. The minimum Gasteiger partial charge on any atom is -0.384 e. The van der Waals surface area contributed by atoms with Crippen molar-refractivity contribution < 1.29 is 0 Å². The second-order valence-corrected chi connectivity index (χ2v) is 7.11. The Labute approximate surface area is 157 Å². The Hall–Kier alpha value is -2.24. The molecule has 0 aliphatic heterocycles. The molecule has 0 bridgehead atoms. The number of halogens is 1. The lowest BCUT2D eigenvalue weighted by Crippen LogP contribution is -1.98. The molecule has 4 nitrogen and oxygen atoms in total. The molecule has 6 heteroatoms. The molecule has 0 fully saturated rings. The van der Waals surface area contributed by atoms with Gasteiger partial charge in [0.1, 0.15) is 16.7 Å². The molecule has 3 aromatic rings. The van der Waals surface area contributed by atoms with E-state index in [2.05, 4.69) is 35.7 Å². The third-order valence-electron chi connectivity index (χ3n) is 3.69. The number of nitrogens with one attached hydrogen (secondary N) is 1. The first-order valence-corrected chi connectivity index (χ1v) is 9.15. The Balaban J connectivity index is 1.89.